The van der Waals surface area contributed by atoms with E-state index in [2.05, 4.69) is 0 Å². The summed E-state index contributed by atoms with van der Waals surface area (Å²) in [5.41, 5.74) is 0. The molecule has 2 rings (SSSR count). The molecular formula is C12H13F2NO5S. The number of benzene rings is 1. The van der Waals surface area contributed by atoms with Crippen molar-refractivity contribution < 1.29 is 31.8 Å². The SMILES string of the molecule is CN(C1COCC1C(=O)O)S(=O)(=O)c1c(F)cccc1F. The summed E-state index contributed by atoms with van der Waals surface area (Å²) < 4.78 is 57.6. The molecule has 6 nitrogen and oxygen atoms in total. The minimum Gasteiger partial charge on any atom is -0.481 e. The van der Waals surface area contributed by atoms with Crippen LogP contribution in [0.1, 0.15) is 0 Å². The second-order valence-electron chi connectivity index (χ2n) is 4.62. The number of rotatable bonds is 4. The number of sulfonamides is 1. The van der Waals surface area contributed by atoms with E-state index < -0.39 is 44.5 Å². The highest BCUT2D eigenvalue weighted by molar-refractivity contribution is 7.89. The van der Waals surface area contributed by atoms with Crippen molar-refractivity contribution in [3.8, 4) is 0 Å². The summed E-state index contributed by atoms with van der Waals surface area (Å²) in [4.78, 5) is 9.97. The van der Waals surface area contributed by atoms with Crippen LogP contribution in [0, 0.1) is 17.6 Å². The van der Waals surface area contributed by atoms with Gasteiger partial charge in [0, 0.05) is 7.05 Å². The van der Waals surface area contributed by atoms with Crippen LogP contribution in [0.15, 0.2) is 23.1 Å². The summed E-state index contributed by atoms with van der Waals surface area (Å²) in [7, 11) is -3.43. The number of carboxylic acid groups (broad SMARTS) is 1. The summed E-state index contributed by atoms with van der Waals surface area (Å²) in [5.74, 6) is -4.77. The van der Waals surface area contributed by atoms with Gasteiger partial charge in [0.2, 0.25) is 10.0 Å². The second kappa shape index (κ2) is 5.66. The Bertz CT molecular complexity index is 643. The molecule has 1 fully saturated rings. The fourth-order valence-electron chi connectivity index (χ4n) is 2.19. The van der Waals surface area contributed by atoms with Crippen molar-refractivity contribution in [2.45, 2.75) is 10.9 Å². The number of likely N-dealkylation sites (N-methyl/N-ethyl adjacent to an activating group) is 1. The van der Waals surface area contributed by atoms with Gasteiger partial charge >= 0.3 is 5.97 Å². The predicted octanol–water partition coefficient (Wildman–Crippen LogP) is 0.685. The van der Waals surface area contributed by atoms with E-state index in [9.17, 15) is 22.0 Å². The third-order valence-corrected chi connectivity index (χ3v) is 5.33. The Kier molecular flexibility index (Phi) is 4.26. The molecule has 21 heavy (non-hydrogen) atoms. The predicted molar refractivity (Wildman–Crippen MR) is 67.0 cm³/mol. The molecule has 1 saturated heterocycles. The Labute approximate surface area is 120 Å². The summed E-state index contributed by atoms with van der Waals surface area (Å²) in [6.07, 6.45) is 0. The minimum atomic E-state index is -4.51. The molecule has 1 heterocycles. The number of hydrogen-bond acceptors (Lipinski definition) is 4. The second-order valence-corrected chi connectivity index (χ2v) is 6.56. The van der Waals surface area contributed by atoms with Crippen LogP contribution < -0.4 is 0 Å². The summed E-state index contributed by atoms with van der Waals surface area (Å²) in [6.45, 7) is -0.303. The number of carbonyl (C=O) groups is 1. The number of ether oxygens (including phenoxy) is 1. The molecule has 1 aliphatic rings. The lowest BCUT2D eigenvalue weighted by molar-refractivity contribution is -0.142. The van der Waals surface area contributed by atoms with Crippen molar-refractivity contribution in [3.63, 3.8) is 0 Å². The van der Waals surface area contributed by atoms with E-state index >= 15 is 0 Å². The van der Waals surface area contributed by atoms with Crippen LogP contribution in [0.3, 0.4) is 0 Å². The van der Waals surface area contributed by atoms with Gasteiger partial charge in [0.25, 0.3) is 0 Å². The minimum absolute atomic E-state index is 0.150. The van der Waals surface area contributed by atoms with Crippen LogP contribution in [-0.4, -0.2) is 50.1 Å². The standard InChI is InChI=1S/C12H13F2NO5S/c1-15(10-6-20-5-7(10)12(16)17)21(18,19)11-8(13)3-2-4-9(11)14/h2-4,7,10H,5-6H2,1H3,(H,16,17). The van der Waals surface area contributed by atoms with E-state index in [1.165, 1.54) is 0 Å². The quantitative estimate of drug-likeness (QED) is 0.882. The highest BCUT2D eigenvalue weighted by Gasteiger charge is 2.42. The third kappa shape index (κ3) is 2.76. The molecule has 0 aromatic heterocycles. The van der Waals surface area contributed by atoms with E-state index in [4.69, 9.17) is 9.84 Å². The normalized spacial score (nSPS) is 22.7. The van der Waals surface area contributed by atoms with Gasteiger partial charge in [-0.1, -0.05) is 6.07 Å². The molecule has 0 radical (unpaired) electrons. The summed E-state index contributed by atoms with van der Waals surface area (Å²) >= 11 is 0. The fourth-order valence-corrected chi connectivity index (χ4v) is 3.67. The molecule has 1 aromatic carbocycles. The molecule has 2 atom stereocenters. The van der Waals surface area contributed by atoms with Crippen LogP contribution in [-0.2, 0) is 19.6 Å². The van der Waals surface area contributed by atoms with E-state index in [0.717, 1.165) is 25.2 Å². The zero-order valence-electron chi connectivity index (χ0n) is 11.0. The molecule has 2 unspecified atom stereocenters. The van der Waals surface area contributed by atoms with Gasteiger partial charge in [-0.15, -0.1) is 0 Å². The lowest BCUT2D eigenvalue weighted by Crippen LogP contribution is -2.44. The van der Waals surface area contributed by atoms with Gasteiger partial charge in [-0.3, -0.25) is 4.79 Å². The molecule has 1 aromatic rings. The third-order valence-electron chi connectivity index (χ3n) is 3.39. The van der Waals surface area contributed by atoms with E-state index in [0.29, 0.717) is 4.31 Å². The first-order valence-corrected chi connectivity index (χ1v) is 7.43. The van der Waals surface area contributed by atoms with E-state index in [1.54, 1.807) is 0 Å². The van der Waals surface area contributed by atoms with Crippen molar-refractivity contribution >= 4 is 16.0 Å². The lowest BCUT2D eigenvalue weighted by Gasteiger charge is -2.25. The van der Waals surface area contributed by atoms with Crippen molar-refractivity contribution in [2.75, 3.05) is 20.3 Å². The zero-order valence-corrected chi connectivity index (χ0v) is 11.8. The monoisotopic (exact) mass is 321 g/mol. The molecule has 9 heteroatoms. The molecule has 1 aliphatic heterocycles. The first-order chi connectivity index (χ1) is 9.76. The lowest BCUT2D eigenvalue weighted by atomic mass is 10.1. The Balaban J connectivity index is 2.42. The molecule has 0 amide bonds. The van der Waals surface area contributed by atoms with Gasteiger partial charge in [0.05, 0.1) is 25.2 Å². The molecule has 1 N–H and O–H groups in total. The summed E-state index contributed by atoms with van der Waals surface area (Å²) in [5, 5.41) is 9.03. The first-order valence-electron chi connectivity index (χ1n) is 5.99. The van der Waals surface area contributed by atoms with Gasteiger partial charge < -0.3 is 9.84 Å². The number of carboxylic acids is 1. The number of hydrogen-bond donors (Lipinski definition) is 1. The van der Waals surface area contributed by atoms with Gasteiger partial charge in [0.15, 0.2) is 4.90 Å². The Hall–Kier alpha value is -1.58. The maximum atomic E-state index is 13.7. The highest BCUT2D eigenvalue weighted by Crippen LogP contribution is 2.27. The van der Waals surface area contributed by atoms with Gasteiger partial charge in [-0.2, -0.15) is 4.31 Å². The molecule has 0 bridgehead atoms. The molecule has 0 aliphatic carbocycles. The number of aliphatic carboxylic acids is 1. The van der Waals surface area contributed by atoms with Crippen LogP contribution in [0.4, 0.5) is 8.78 Å². The Morgan fingerprint density at radius 3 is 2.43 bits per heavy atom. The van der Waals surface area contributed by atoms with Crippen LogP contribution in [0.25, 0.3) is 0 Å². The first kappa shape index (κ1) is 15.8. The van der Waals surface area contributed by atoms with Crippen molar-refractivity contribution in [2.24, 2.45) is 5.92 Å². The average molecular weight is 321 g/mol. The molecule has 0 saturated carbocycles. The van der Waals surface area contributed by atoms with Gasteiger partial charge in [-0.05, 0) is 12.1 Å². The maximum Gasteiger partial charge on any atom is 0.310 e. The Morgan fingerprint density at radius 1 is 1.33 bits per heavy atom. The molecule has 116 valence electrons. The van der Waals surface area contributed by atoms with Crippen molar-refractivity contribution in [1.29, 1.82) is 0 Å². The Morgan fingerprint density at radius 2 is 1.90 bits per heavy atom. The number of halogens is 2. The molecule has 0 spiro atoms. The van der Waals surface area contributed by atoms with E-state index in [-0.39, 0.29) is 13.2 Å². The smallest absolute Gasteiger partial charge is 0.310 e. The van der Waals surface area contributed by atoms with Crippen LogP contribution in [0.2, 0.25) is 0 Å². The van der Waals surface area contributed by atoms with Gasteiger partial charge in [-0.25, -0.2) is 17.2 Å². The van der Waals surface area contributed by atoms with E-state index in [1.807, 2.05) is 0 Å². The summed E-state index contributed by atoms with van der Waals surface area (Å²) in [6, 6.07) is 1.67. The fraction of sp³-hybridized carbons (Fsp3) is 0.417. The zero-order chi connectivity index (χ0) is 15.8. The van der Waals surface area contributed by atoms with Crippen molar-refractivity contribution in [3.05, 3.63) is 29.8 Å². The topological polar surface area (TPSA) is 83.9 Å². The number of nitrogens with zero attached hydrogens (tertiary/aromatic N) is 1. The molecular weight excluding hydrogens is 308 g/mol. The maximum absolute atomic E-state index is 13.7. The van der Waals surface area contributed by atoms with Crippen molar-refractivity contribution in [1.82, 2.24) is 4.31 Å². The highest BCUT2D eigenvalue weighted by atomic mass is 32.2. The largest absolute Gasteiger partial charge is 0.481 e. The average Bonchev–Trinajstić information content (AvgIpc) is 2.86. The van der Waals surface area contributed by atoms with Crippen LogP contribution >= 0.6 is 0 Å². The van der Waals surface area contributed by atoms with Crippen LogP contribution in [0.5, 0.6) is 0 Å². The van der Waals surface area contributed by atoms with Gasteiger partial charge in [0.1, 0.15) is 11.6 Å².